The molecule has 0 aliphatic heterocycles. The number of aromatic nitrogens is 4. The minimum Gasteiger partial charge on any atom is -0.464 e. The third-order valence-corrected chi connectivity index (χ3v) is 6.14. The fraction of sp³-hybridized carbons (Fsp3) is 0.400. The van der Waals surface area contributed by atoms with Gasteiger partial charge in [-0.25, -0.2) is 14.5 Å². The van der Waals surface area contributed by atoms with Crippen LogP contribution in [0.4, 0.5) is 0 Å². The summed E-state index contributed by atoms with van der Waals surface area (Å²) in [6, 6.07) is 4.45. The van der Waals surface area contributed by atoms with Crippen LogP contribution in [0.1, 0.15) is 16.4 Å². The van der Waals surface area contributed by atoms with Crippen LogP contribution in [0.25, 0.3) is 11.1 Å². The van der Waals surface area contributed by atoms with Gasteiger partial charge in [-0.3, -0.25) is 4.79 Å². The molecule has 0 aromatic carbocycles. The van der Waals surface area contributed by atoms with E-state index in [2.05, 4.69) is 34.5 Å². The molecule has 160 valence electrons. The summed E-state index contributed by atoms with van der Waals surface area (Å²) in [7, 11) is 0.151. The van der Waals surface area contributed by atoms with Crippen LogP contribution < -0.4 is 5.56 Å². The number of oxazole rings is 1. The maximum atomic E-state index is 12.5. The maximum absolute atomic E-state index is 12.5. The van der Waals surface area contributed by atoms with Crippen LogP contribution >= 0.6 is 0 Å². The quantitative estimate of drug-likeness (QED) is 0.292. The Labute approximate surface area is 175 Å². The van der Waals surface area contributed by atoms with E-state index in [-0.39, 0.29) is 23.7 Å². The highest BCUT2D eigenvalue weighted by Crippen LogP contribution is 2.17. The first-order valence-electron chi connectivity index (χ1n) is 9.59. The number of nitrogens with zero attached hydrogens (tertiary/aromatic N) is 4. The molecule has 0 N–H and O–H groups in total. The lowest BCUT2D eigenvalue weighted by Crippen LogP contribution is -2.22. The van der Waals surface area contributed by atoms with Gasteiger partial charge in [-0.2, -0.15) is 5.10 Å². The normalized spacial score (nSPS) is 11.6. The number of esters is 1. The standard InChI is InChI=1S/C20H26N4O5Si/c1-27-20(26)17-13-29-18(22-17)12-23-6-5-15(9-19(23)25)16-10-21-24(11-16)14-28-7-8-30(2,3)4/h5-6,9-11,13H,7-8,12,14H2,1-4H3. The molecule has 0 radical (unpaired) electrons. The van der Waals surface area contributed by atoms with E-state index in [1.807, 2.05) is 12.3 Å². The van der Waals surface area contributed by atoms with Gasteiger partial charge in [0.05, 0.1) is 13.3 Å². The van der Waals surface area contributed by atoms with E-state index in [1.165, 1.54) is 24.0 Å². The van der Waals surface area contributed by atoms with Gasteiger partial charge in [-0.1, -0.05) is 19.6 Å². The molecule has 9 nitrogen and oxygen atoms in total. The average molecular weight is 431 g/mol. The summed E-state index contributed by atoms with van der Waals surface area (Å²) in [4.78, 5) is 28.0. The Balaban J connectivity index is 1.63. The molecular weight excluding hydrogens is 404 g/mol. The topological polar surface area (TPSA) is 101 Å². The van der Waals surface area contributed by atoms with Crippen molar-refractivity contribution in [3.05, 3.63) is 58.9 Å². The minimum atomic E-state index is -1.11. The van der Waals surface area contributed by atoms with Crippen molar-refractivity contribution >= 4 is 14.0 Å². The number of rotatable bonds is 9. The van der Waals surface area contributed by atoms with Gasteiger partial charge >= 0.3 is 5.97 Å². The third-order valence-electron chi connectivity index (χ3n) is 4.43. The number of carbonyl (C=O) groups excluding carboxylic acids is 1. The minimum absolute atomic E-state index is 0.0663. The molecule has 0 atom stereocenters. The van der Waals surface area contributed by atoms with E-state index in [1.54, 1.807) is 17.1 Å². The second-order valence-corrected chi connectivity index (χ2v) is 13.7. The summed E-state index contributed by atoms with van der Waals surface area (Å²) in [5, 5.41) is 4.30. The van der Waals surface area contributed by atoms with Gasteiger partial charge in [0.25, 0.3) is 5.56 Å². The van der Waals surface area contributed by atoms with Crippen LogP contribution in [0, 0.1) is 0 Å². The molecule has 0 unspecified atom stereocenters. The Morgan fingerprint density at radius 2 is 2.07 bits per heavy atom. The van der Waals surface area contributed by atoms with Gasteiger partial charge in [0.2, 0.25) is 5.89 Å². The van der Waals surface area contributed by atoms with E-state index in [9.17, 15) is 9.59 Å². The lowest BCUT2D eigenvalue weighted by atomic mass is 10.1. The fourth-order valence-corrected chi connectivity index (χ4v) is 3.42. The van der Waals surface area contributed by atoms with Crippen molar-refractivity contribution in [2.45, 2.75) is 39.0 Å². The number of hydrogen-bond donors (Lipinski definition) is 0. The van der Waals surface area contributed by atoms with Gasteiger partial charge in [0, 0.05) is 38.7 Å². The first-order valence-corrected chi connectivity index (χ1v) is 13.3. The Hall–Kier alpha value is -2.98. The van der Waals surface area contributed by atoms with Crippen molar-refractivity contribution in [2.24, 2.45) is 0 Å². The SMILES string of the molecule is COC(=O)c1coc(Cn2ccc(-c3cnn(COCC[Si](C)(C)C)c3)cc2=O)n1. The van der Waals surface area contributed by atoms with Gasteiger partial charge in [0.15, 0.2) is 5.69 Å². The van der Waals surface area contributed by atoms with Crippen LogP contribution in [0.2, 0.25) is 25.7 Å². The molecule has 3 aromatic rings. The highest BCUT2D eigenvalue weighted by Gasteiger charge is 2.14. The van der Waals surface area contributed by atoms with Crippen molar-refractivity contribution in [1.82, 2.24) is 19.3 Å². The highest BCUT2D eigenvalue weighted by atomic mass is 28.3. The second kappa shape index (κ2) is 9.22. The monoisotopic (exact) mass is 430 g/mol. The highest BCUT2D eigenvalue weighted by molar-refractivity contribution is 6.76. The summed E-state index contributed by atoms with van der Waals surface area (Å²) in [6.07, 6.45) is 6.42. The summed E-state index contributed by atoms with van der Waals surface area (Å²) in [6.45, 7) is 8.15. The number of pyridine rings is 1. The van der Waals surface area contributed by atoms with Crippen LogP contribution in [0.3, 0.4) is 0 Å². The molecule has 0 bridgehead atoms. The Kier molecular flexibility index (Phi) is 6.68. The lowest BCUT2D eigenvalue weighted by Gasteiger charge is -2.15. The van der Waals surface area contributed by atoms with Crippen LogP contribution in [0.5, 0.6) is 0 Å². The van der Waals surface area contributed by atoms with Gasteiger partial charge in [-0.05, 0) is 17.7 Å². The smallest absolute Gasteiger partial charge is 0.360 e. The summed E-state index contributed by atoms with van der Waals surface area (Å²) in [5.41, 5.74) is 1.44. The molecule has 3 heterocycles. The first-order chi connectivity index (χ1) is 14.2. The Morgan fingerprint density at radius 1 is 1.27 bits per heavy atom. The molecule has 0 saturated carbocycles. The molecule has 0 amide bonds. The van der Waals surface area contributed by atoms with Crippen molar-refractivity contribution in [2.75, 3.05) is 13.7 Å². The number of ether oxygens (including phenoxy) is 2. The molecule has 0 aliphatic rings. The zero-order valence-electron chi connectivity index (χ0n) is 17.6. The van der Waals surface area contributed by atoms with Gasteiger partial charge in [-0.15, -0.1) is 0 Å². The molecule has 3 rings (SSSR count). The molecule has 0 fully saturated rings. The lowest BCUT2D eigenvalue weighted by molar-refractivity contribution is 0.0594. The number of methoxy groups -OCH3 is 1. The van der Waals surface area contributed by atoms with Crippen molar-refractivity contribution in [1.29, 1.82) is 0 Å². The summed E-state index contributed by atoms with van der Waals surface area (Å²) < 4.78 is 18.7. The van der Waals surface area contributed by atoms with E-state index < -0.39 is 14.0 Å². The van der Waals surface area contributed by atoms with E-state index in [0.29, 0.717) is 6.73 Å². The molecular formula is C20H26N4O5Si. The van der Waals surface area contributed by atoms with Crippen LogP contribution in [0.15, 0.2) is 46.2 Å². The molecule has 3 aromatic heterocycles. The van der Waals surface area contributed by atoms with E-state index in [0.717, 1.165) is 23.8 Å². The third kappa shape index (κ3) is 5.77. The average Bonchev–Trinajstić information content (AvgIpc) is 3.35. The zero-order chi connectivity index (χ0) is 21.7. The van der Waals surface area contributed by atoms with Gasteiger partial charge < -0.3 is 18.5 Å². The molecule has 0 saturated heterocycles. The Morgan fingerprint density at radius 3 is 2.77 bits per heavy atom. The van der Waals surface area contributed by atoms with Gasteiger partial charge in [0.1, 0.15) is 19.5 Å². The van der Waals surface area contributed by atoms with E-state index >= 15 is 0 Å². The zero-order valence-corrected chi connectivity index (χ0v) is 18.6. The van der Waals surface area contributed by atoms with E-state index in [4.69, 9.17) is 9.15 Å². The van der Waals surface area contributed by atoms with Crippen LogP contribution in [-0.4, -0.2) is 47.1 Å². The fourth-order valence-electron chi connectivity index (χ4n) is 2.67. The second-order valence-electron chi connectivity index (χ2n) is 8.12. The first kappa shape index (κ1) is 21.7. The van der Waals surface area contributed by atoms with Crippen LogP contribution in [-0.2, 0) is 22.7 Å². The molecule has 10 heteroatoms. The largest absolute Gasteiger partial charge is 0.464 e. The van der Waals surface area contributed by atoms with Crippen molar-refractivity contribution < 1.29 is 18.7 Å². The van der Waals surface area contributed by atoms with Crippen molar-refractivity contribution in [3.8, 4) is 11.1 Å². The number of carbonyl (C=O) groups is 1. The predicted octanol–water partition coefficient (Wildman–Crippen LogP) is 2.85. The summed E-state index contributed by atoms with van der Waals surface area (Å²) in [5.74, 6) is -0.345. The summed E-state index contributed by atoms with van der Waals surface area (Å²) >= 11 is 0. The maximum Gasteiger partial charge on any atom is 0.360 e. The molecule has 30 heavy (non-hydrogen) atoms. The molecule has 0 spiro atoms. The predicted molar refractivity (Wildman–Crippen MR) is 113 cm³/mol. The number of hydrogen-bond acceptors (Lipinski definition) is 7. The molecule has 0 aliphatic carbocycles. The Bertz CT molecular complexity index is 1060. The van der Waals surface area contributed by atoms with Crippen molar-refractivity contribution in [3.63, 3.8) is 0 Å².